The molecule has 12 heteroatoms. The first-order chi connectivity index (χ1) is 15.4. The van der Waals surface area contributed by atoms with E-state index in [2.05, 4.69) is 5.32 Å². The van der Waals surface area contributed by atoms with Crippen LogP contribution in [-0.2, 0) is 16.1 Å². The first-order valence-corrected chi connectivity index (χ1v) is 10.8. The van der Waals surface area contributed by atoms with Gasteiger partial charge < -0.3 is 19.7 Å². The number of fused-ring (bicyclic) bond motifs is 1. The molecule has 3 atom stereocenters. The molecule has 2 aromatic carbocycles. The van der Waals surface area contributed by atoms with Crippen LogP contribution in [0.3, 0.4) is 0 Å². The van der Waals surface area contributed by atoms with Gasteiger partial charge in [0.25, 0.3) is 0 Å². The maximum absolute atomic E-state index is 14.3. The summed E-state index contributed by atoms with van der Waals surface area (Å²) in [6.45, 7) is 1.18. The summed E-state index contributed by atoms with van der Waals surface area (Å²) in [5, 5.41) is 11.2. The van der Waals surface area contributed by atoms with Crippen molar-refractivity contribution < 1.29 is 41.2 Å². The average Bonchev–Trinajstić information content (AvgIpc) is 3.31. The number of carbonyl (C=O) groups excluding carboxylic acids is 1. The Morgan fingerprint density at radius 2 is 2.03 bits per heavy atom. The maximum Gasteiger partial charge on any atom is 0.491 e. The first kappa shape index (κ1) is 23.8. The smallest absolute Gasteiger partial charge is 0.491 e. The standard InChI is InChI=1S/C21H19BF5NO4S/c1-20(21(25,26)27)8-13(12-5-6-15(23)16(24)17(12)31-2)18(33-20)19(29)28-11-4-3-10-9-32-22(30)14(10)7-11/h3-7,13,18,30H,8-9H2,1-2H3,(H,28,29)/t13-,18+,20+/m0/s1. The fourth-order valence-electron chi connectivity index (χ4n) is 4.18. The highest BCUT2D eigenvalue weighted by atomic mass is 32.2. The molecule has 1 amide bonds. The average molecular weight is 487 g/mol. The molecule has 0 unspecified atom stereocenters. The van der Waals surface area contributed by atoms with E-state index in [0.717, 1.165) is 31.7 Å². The number of anilines is 1. The fourth-order valence-corrected chi connectivity index (χ4v) is 5.72. The van der Waals surface area contributed by atoms with Gasteiger partial charge in [-0.25, -0.2) is 4.39 Å². The van der Waals surface area contributed by atoms with Crippen LogP contribution in [-0.4, -0.2) is 41.3 Å². The fraction of sp³-hybridized carbons (Fsp3) is 0.381. The van der Waals surface area contributed by atoms with Crippen molar-refractivity contribution in [2.75, 3.05) is 12.4 Å². The first-order valence-electron chi connectivity index (χ1n) is 9.95. The van der Waals surface area contributed by atoms with E-state index in [4.69, 9.17) is 9.39 Å². The van der Waals surface area contributed by atoms with Crippen LogP contribution in [0, 0.1) is 11.6 Å². The van der Waals surface area contributed by atoms with Gasteiger partial charge in [-0.15, -0.1) is 11.8 Å². The number of methoxy groups -OCH3 is 1. The summed E-state index contributed by atoms with van der Waals surface area (Å²) in [6.07, 6.45) is -5.18. The second-order valence-corrected chi connectivity index (χ2v) is 9.77. The van der Waals surface area contributed by atoms with E-state index in [0.29, 0.717) is 17.2 Å². The molecule has 33 heavy (non-hydrogen) atoms. The lowest BCUT2D eigenvalue weighted by molar-refractivity contribution is -0.155. The van der Waals surface area contributed by atoms with Gasteiger partial charge in [0.2, 0.25) is 11.7 Å². The third kappa shape index (κ3) is 4.19. The molecule has 0 spiro atoms. The zero-order valence-corrected chi connectivity index (χ0v) is 18.3. The topological polar surface area (TPSA) is 67.8 Å². The number of alkyl halides is 3. The summed E-state index contributed by atoms with van der Waals surface area (Å²) in [5.74, 6) is -4.90. The molecule has 2 aliphatic heterocycles. The molecular weight excluding hydrogens is 468 g/mol. The van der Waals surface area contributed by atoms with E-state index >= 15 is 0 Å². The number of ether oxygens (including phenoxy) is 1. The van der Waals surface area contributed by atoms with Gasteiger partial charge in [-0.05, 0) is 42.6 Å². The molecule has 1 saturated heterocycles. The van der Waals surface area contributed by atoms with E-state index < -0.39 is 58.9 Å². The molecule has 1 fully saturated rings. The van der Waals surface area contributed by atoms with Crippen LogP contribution < -0.4 is 15.5 Å². The Balaban J connectivity index is 1.69. The lowest BCUT2D eigenvalue weighted by Gasteiger charge is -2.26. The van der Waals surface area contributed by atoms with Gasteiger partial charge in [0.05, 0.1) is 19.0 Å². The van der Waals surface area contributed by atoms with Crippen LogP contribution in [0.25, 0.3) is 0 Å². The predicted octanol–water partition coefficient (Wildman–Crippen LogP) is 3.74. The van der Waals surface area contributed by atoms with E-state index in [1.54, 1.807) is 12.1 Å². The number of benzene rings is 2. The lowest BCUT2D eigenvalue weighted by Crippen LogP contribution is -2.37. The molecule has 0 bridgehead atoms. The predicted molar refractivity (Wildman–Crippen MR) is 114 cm³/mol. The summed E-state index contributed by atoms with van der Waals surface area (Å²) < 4.78 is 77.4. The number of hydrogen-bond donors (Lipinski definition) is 2. The molecule has 176 valence electrons. The van der Waals surface area contributed by atoms with Crippen molar-refractivity contribution in [3.63, 3.8) is 0 Å². The molecule has 2 heterocycles. The highest BCUT2D eigenvalue weighted by molar-refractivity contribution is 8.02. The monoisotopic (exact) mass is 487 g/mol. The Bertz CT molecular complexity index is 1100. The summed E-state index contributed by atoms with van der Waals surface area (Å²) in [4.78, 5) is 13.1. The molecule has 0 saturated carbocycles. The van der Waals surface area contributed by atoms with Gasteiger partial charge in [0, 0.05) is 17.2 Å². The highest BCUT2D eigenvalue weighted by Crippen LogP contribution is 2.59. The Morgan fingerprint density at radius 1 is 1.30 bits per heavy atom. The van der Waals surface area contributed by atoms with Crippen molar-refractivity contribution in [3.8, 4) is 5.75 Å². The van der Waals surface area contributed by atoms with Crippen LogP contribution in [0.15, 0.2) is 30.3 Å². The van der Waals surface area contributed by atoms with Gasteiger partial charge in [0.15, 0.2) is 11.6 Å². The molecule has 2 aromatic rings. The number of thioether (sulfide) groups is 1. The Kier molecular flexibility index (Phi) is 6.13. The van der Waals surface area contributed by atoms with Crippen molar-refractivity contribution in [1.82, 2.24) is 0 Å². The number of amides is 1. The van der Waals surface area contributed by atoms with Crippen LogP contribution in [0.1, 0.15) is 30.4 Å². The van der Waals surface area contributed by atoms with E-state index in [1.165, 1.54) is 6.07 Å². The largest absolute Gasteiger partial charge is 0.493 e. The summed E-state index contributed by atoms with van der Waals surface area (Å²) in [7, 11) is -0.0789. The van der Waals surface area contributed by atoms with Gasteiger partial charge in [-0.1, -0.05) is 12.1 Å². The maximum atomic E-state index is 14.3. The molecule has 0 radical (unpaired) electrons. The van der Waals surface area contributed by atoms with Crippen LogP contribution in [0.2, 0.25) is 0 Å². The van der Waals surface area contributed by atoms with Crippen molar-refractivity contribution in [3.05, 3.63) is 53.1 Å². The number of nitrogens with one attached hydrogen (secondary N) is 1. The van der Waals surface area contributed by atoms with Gasteiger partial charge in [-0.3, -0.25) is 4.79 Å². The van der Waals surface area contributed by atoms with Crippen molar-refractivity contribution in [2.24, 2.45) is 0 Å². The molecule has 2 N–H and O–H groups in total. The minimum Gasteiger partial charge on any atom is -0.493 e. The van der Waals surface area contributed by atoms with Gasteiger partial charge in [0.1, 0.15) is 4.75 Å². The molecule has 0 aliphatic carbocycles. The van der Waals surface area contributed by atoms with E-state index in [9.17, 15) is 31.8 Å². The number of rotatable bonds is 4. The minimum absolute atomic E-state index is 0.0187. The number of carbonyl (C=O) groups is 1. The third-order valence-corrected chi connectivity index (χ3v) is 7.70. The molecule has 0 aromatic heterocycles. The Morgan fingerprint density at radius 3 is 2.70 bits per heavy atom. The molecular formula is C21H19BF5NO4S. The third-order valence-electron chi connectivity index (χ3n) is 5.98. The second-order valence-electron chi connectivity index (χ2n) is 8.13. The van der Waals surface area contributed by atoms with Crippen LogP contribution in [0.5, 0.6) is 5.75 Å². The Hall–Kier alpha value is -2.31. The Labute approximate surface area is 190 Å². The SMILES string of the molecule is COc1c([C@@H]2C[C@](C)(C(F)(F)F)S[C@H]2C(=O)Nc2ccc3c(c2)B(O)OC3)ccc(F)c1F. The number of hydrogen-bond acceptors (Lipinski definition) is 5. The minimum atomic E-state index is -4.65. The van der Waals surface area contributed by atoms with E-state index in [1.807, 2.05) is 0 Å². The lowest BCUT2D eigenvalue weighted by atomic mass is 9.79. The van der Waals surface area contributed by atoms with Crippen LogP contribution >= 0.6 is 11.8 Å². The molecule has 5 nitrogen and oxygen atoms in total. The van der Waals surface area contributed by atoms with Crippen molar-refractivity contribution in [2.45, 2.75) is 42.0 Å². The second kappa shape index (κ2) is 8.48. The molecule has 2 aliphatic rings. The van der Waals surface area contributed by atoms with Crippen molar-refractivity contribution in [1.29, 1.82) is 0 Å². The molecule has 4 rings (SSSR count). The quantitative estimate of drug-likeness (QED) is 0.509. The van der Waals surface area contributed by atoms with Crippen molar-refractivity contribution >= 4 is 35.9 Å². The number of halogens is 5. The summed E-state index contributed by atoms with van der Waals surface area (Å²) >= 11 is 0.423. The summed E-state index contributed by atoms with van der Waals surface area (Å²) in [5.41, 5.74) is 1.42. The normalized spacial score (nSPS) is 24.7. The highest BCUT2D eigenvalue weighted by Gasteiger charge is 2.60. The van der Waals surface area contributed by atoms with Crippen LogP contribution in [0.4, 0.5) is 27.6 Å². The zero-order valence-electron chi connectivity index (χ0n) is 17.5. The van der Waals surface area contributed by atoms with Gasteiger partial charge in [-0.2, -0.15) is 17.6 Å². The van der Waals surface area contributed by atoms with E-state index in [-0.39, 0.29) is 17.9 Å². The van der Waals surface area contributed by atoms with Gasteiger partial charge >= 0.3 is 13.3 Å². The zero-order chi connectivity index (χ0) is 24.1. The summed E-state index contributed by atoms with van der Waals surface area (Å²) in [6, 6.07) is 6.62.